The van der Waals surface area contributed by atoms with Crippen molar-refractivity contribution < 1.29 is 9.53 Å². The van der Waals surface area contributed by atoms with E-state index in [0.717, 1.165) is 13.1 Å². The lowest BCUT2D eigenvalue weighted by Gasteiger charge is -2.31. The molecule has 0 aliphatic heterocycles. The highest BCUT2D eigenvalue weighted by Crippen LogP contribution is 2.11. The van der Waals surface area contributed by atoms with Gasteiger partial charge in [-0.25, -0.2) is 0 Å². The van der Waals surface area contributed by atoms with Gasteiger partial charge in [0.15, 0.2) is 0 Å². The van der Waals surface area contributed by atoms with Crippen molar-refractivity contribution in [2.45, 2.75) is 54.0 Å². The molecule has 0 fully saturated rings. The zero-order valence-corrected chi connectivity index (χ0v) is 12.3. The minimum Gasteiger partial charge on any atom is -0.466 e. The van der Waals surface area contributed by atoms with Crippen molar-refractivity contribution >= 4 is 5.97 Å². The van der Waals surface area contributed by atoms with Gasteiger partial charge in [-0.3, -0.25) is 9.69 Å². The van der Waals surface area contributed by atoms with Crippen molar-refractivity contribution in [1.82, 2.24) is 4.90 Å². The quantitative estimate of drug-likeness (QED) is 0.614. The second-order valence-electron chi connectivity index (χ2n) is 5.60. The van der Waals surface area contributed by atoms with E-state index in [1.807, 2.05) is 6.92 Å². The molecule has 1 atom stereocenters. The van der Waals surface area contributed by atoms with E-state index < -0.39 is 0 Å². The summed E-state index contributed by atoms with van der Waals surface area (Å²) in [5.74, 6) is 1.16. The Morgan fingerprint density at radius 3 is 1.88 bits per heavy atom. The molecule has 0 aliphatic rings. The molecule has 0 heterocycles. The molecule has 0 aliphatic carbocycles. The fourth-order valence-electron chi connectivity index (χ4n) is 1.96. The highest BCUT2D eigenvalue weighted by molar-refractivity contribution is 5.70. The summed E-state index contributed by atoms with van der Waals surface area (Å²) in [5, 5.41) is 0. The predicted molar refractivity (Wildman–Crippen MR) is 72.0 cm³/mol. The number of hydrogen-bond donors (Lipinski definition) is 0. The van der Waals surface area contributed by atoms with E-state index in [1.54, 1.807) is 0 Å². The topological polar surface area (TPSA) is 29.5 Å². The second-order valence-corrected chi connectivity index (χ2v) is 5.60. The van der Waals surface area contributed by atoms with Gasteiger partial charge in [0, 0.05) is 19.1 Å². The van der Waals surface area contributed by atoms with Crippen molar-refractivity contribution in [3.63, 3.8) is 0 Å². The van der Waals surface area contributed by atoms with E-state index in [0.29, 0.717) is 24.9 Å². The van der Waals surface area contributed by atoms with Gasteiger partial charge in [0.2, 0.25) is 0 Å². The normalized spacial score (nSPS) is 13.5. The van der Waals surface area contributed by atoms with E-state index in [-0.39, 0.29) is 12.0 Å². The van der Waals surface area contributed by atoms with Gasteiger partial charge >= 0.3 is 5.97 Å². The zero-order chi connectivity index (χ0) is 13.4. The van der Waals surface area contributed by atoms with Crippen molar-refractivity contribution in [3.8, 4) is 0 Å². The zero-order valence-electron chi connectivity index (χ0n) is 12.3. The van der Waals surface area contributed by atoms with Crippen LogP contribution in [0.25, 0.3) is 0 Å². The van der Waals surface area contributed by atoms with Gasteiger partial charge in [-0.2, -0.15) is 0 Å². The summed E-state index contributed by atoms with van der Waals surface area (Å²) in [6.45, 7) is 15.4. The lowest BCUT2D eigenvalue weighted by Crippen LogP contribution is -2.40. The summed E-state index contributed by atoms with van der Waals surface area (Å²) in [4.78, 5) is 13.9. The molecule has 0 aromatic carbocycles. The minimum atomic E-state index is -0.0856. The van der Waals surface area contributed by atoms with Crippen LogP contribution in [0, 0.1) is 11.8 Å². The predicted octanol–water partition coefficient (Wildman–Crippen LogP) is 2.94. The third kappa shape index (κ3) is 8.19. The lowest BCUT2D eigenvalue weighted by molar-refractivity contribution is -0.144. The third-order valence-electron chi connectivity index (χ3n) is 2.59. The number of hydrogen-bond acceptors (Lipinski definition) is 3. The number of esters is 1. The molecule has 0 aromatic heterocycles. The standard InChI is InChI=1S/C14H29NO2/c1-7-17-14(16)8-13(6)15(9-11(2)3)10-12(4)5/h11-13H,7-10H2,1-6H3. The first-order chi connectivity index (χ1) is 7.86. The molecule has 3 nitrogen and oxygen atoms in total. The molecule has 0 radical (unpaired) electrons. The molecule has 0 rings (SSSR count). The Morgan fingerprint density at radius 2 is 1.53 bits per heavy atom. The Kier molecular flexibility index (Phi) is 8.23. The maximum absolute atomic E-state index is 11.5. The van der Waals surface area contributed by atoms with Crippen LogP contribution in [-0.4, -0.2) is 36.6 Å². The average molecular weight is 243 g/mol. The second kappa shape index (κ2) is 8.51. The smallest absolute Gasteiger partial charge is 0.307 e. The summed E-state index contributed by atoms with van der Waals surface area (Å²) >= 11 is 0. The number of nitrogens with zero attached hydrogens (tertiary/aromatic N) is 1. The van der Waals surface area contributed by atoms with E-state index in [2.05, 4.69) is 39.5 Å². The molecule has 0 aromatic rings. The maximum Gasteiger partial charge on any atom is 0.307 e. The Morgan fingerprint density at radius 1 is 1.06 bits per heavy atom. The first kappa shape index (κ1) is 16.4. The fourth-order valence-corrected chi connectivity index (χ4v) is 1.96. The first-order valence-electron chi connectivity index (χ1n) is 6.76. The van der Waals surface area contributed by atoms with Crippen molar-refractivity contribution in [2.75, 3.05) is 19.7 Å². The van der Waals surface area contributed by atoms with Crippen LogP contribution in [0.5, 0.6) is 0 Å². The van der Waals surface area contributed by atoms with Crippen LogP contribution in [0.2, 0.25) is 0 Å². The van der Waals surface area contributed by atoms with Crippen LogP contribution in [0.1, 0.15) is 48.0 Å². The van der Waals surface area contributed by atoms with Crippen molar-refractivity contribution in [2.24, 2.45) is 11.8 Å². The largest absolute Gasteiger partial charge is 0.466 e. The van der Waals surface area contributed by atoms with Crippen molar-refractivity contribution in [1.29, 1.82) is 0 Å². The van der Waals surface area contributed by atoms with Gasteiger partial charge in [-0.15, -0.1) is 0 Å². The number of ether oxygens (including phenoxy) is 1. The van der Waals surface area contributed by atoms with Crippen LogP contribution in [0.15, 0.2) is 0 Å². The maximum atomic E-state index is 11.5. The minimum absolute atomic E-state index is 0.0856. The van der Waals surface area contributed by atoms with Crippen molar-refractivity contribution in [3.05, 3.63) is 0 Å². The van der Waals surface area contributed by atoms with Gasteiger partial charge in [0.05, 0.1) is 13.0 Å². The molecule has 0 saturated carbocycles. The SMILES string of the molecule is CCOC(=O)CC(C)N(CC(C)C)CC(C)C. The van der Waals surface area contributed by atoms with Crippen LogP contribution in [0.4, 0.5) is 0 Å². The van der Waals surface area contributed by atoms with E-state index in [4.69, 9.17) is 4.74 Å². The summed E-state index contributed by atoms with van der Waals surface area (Å²) in [7, 11) is 0. The number of rotatable bonds is 8. The molecule has 0 amide bonds. The van der Waals surface area contributed by atoms with Crippen LogP contribution < -0.4 is 0 Å². The Labute approximate surface area is 107 Å². The number of carbonyl (C=O) groups excluding carboxylic acids is 1. The Balaban J connectivity index is 4.30. The molecule has 0 N–H and O–H groups in total. The molecule has 0 bridgehead atoms. The molecule has 3 heteroatoms. The lowest BCUT2D eigenvalue weighted by atomic mass is 10.1. The molecule has 102 valence electrons. The van der Waals surface area contributed by atoms with Gasteiger partial charge < -0.3 is 4.74 Å². The van der Waals surface area contributed by atoms with Gasteiger partial charge in [0.1, 0.15) is 0 Å². The highest BCUT2D eigenvalue weighted by atomic mass is 16.5. The molecule has 0 saturated heterocycles. The molecule has 0 spiro atoms. The summed E-state index contributed by atoms with van der Waals surface area (Å²) < 4.78 is 5.01. The number of carbonyl (C=O) groups is 1. The molecular weight excluding hydrogens is 214 g/mol. The summed E-state index contributed by atoms with van der Waals surface area (Å²) in [6.07, 6.45) is 0.493. The Bertz CT molecular complexity index is 204. The van der Waals surface area contributed by atoms with Crippen LogP contribution >= 0.6 is 0 Å². The van der Waals surface area contributed by atoms with Crippen LogP contribution in [0.3, 0.4) is 0 Å². The Hall–Kier alpha value is -0.570. The average Bonchev–Trinajstić information content (AvgIpc) is 2.15. The van der Waals surface area contributed by atoms with Crippen LogP contribution in [-0.2, 0) is 9.53 Å². The summed E-state index contributed by atoms with van der Waals surface area (Å²) in [5.41, 5.74) is 0. The monoisotopic (exact) mass is 243 g/mol. The molecular formula is C14H29NO2. The molecule has 17 heavy (non-hydrogen) atoms. The highest BCUT2D eigenvalue weighted by Gasteiger charge is 2.19. The van der Waals surface area contributed by atoms with Gasteiger partial charge in [0.25, 0.3) is 0 Å². The van der Waals surface area contributed by atoms with Gasteiger partial charge in [-0.1, -0.05) is 27.7 Å². The summed E-state index contributed by atoms with van der Waals surface area (Å²) in [6, 6.07) is 0.263. The van der Waals surface area contributed by atoms with Gasteiger partial charge in [-0.05, 0) is 25.7 Å². The fraction of sp³-hybridized carbons (Fsp3) is 0.929. The third-order valence-corrected chi connectivity index (χ3v) is 2.59. The first-order valence-corrected chi connectivity index (χ1v) is 6.76. The van der Waals surface area contributed by atoms with E-state index in [9.17, 15) is 4.79 Å². The molecule has 1 unspecified atom stereocenters. The van der Waals surface area contributed by atoms with E-state index >= 15 is 0 Å². The van der Waals surface area contributed by atoms with E-state index in [1.165, 1.54) is 0 Å².